The van der Waals surface area contributed by atoms with Crippen LogP contribution in [-0.4, -0.2) is 10.9 Å². The van der Waals surface area contributed by atoms with E-state index in [4.69, 9.17) is 5.26 Å². The fourth-order valence-corrected chi connectivity index (χ4v) is 4.06. The first kappa shape index (κ1) is 18.7. The van der Waals surface area contributed by atoms with E-state index in [1.165, 1.54) is 5.39 Å². The number of hydrogen-bond donors (Lipinski definition) is 2. The summed E-state index contributed by atoms with van der Waals surface area (Å²) in [5.74, 6) is -0.119. The van der Waals surface area contributed by atoms with Crippen molar-refractivity contribution in [3.05, 3.63) is 102 Å². The van der Waals surface area contributed by atoms with E-state index in [0.29, 0.717) is 5.56 Å². The number of aromatic amines is 1. The summed E-state index contributed by atoms with van der Waals surface area (Å²) in [4.78, 5) is 16.3. The molecule has 4 nitrogen and oxygen atoms in total. The minimum absolute atomic E-state index is 0.119. The monoisotopic (exact) mass is 401 g/mol. The Morgan fingerprint density at radius 3 is 2.48 bits per heavy atom. The van der Waals surface area contributed by atoms with Crippen LogP contribution in [0.3, 0.4) is 0 Å². The van der Waals surface area contributed by atoms with Gasteiger partial charge in [0.05, 0.1) is 23.6 Å². The molecule has 0 aliphatic rings. The van der Waals surface area contributed by atoms with Crippen molar-refractivity contribution in [3.63, 3.8) is 0 Å². The van der Waals surface area contributed by atoms with Crippen LogP contribution < -0.4 is 5.32 Å². The zero-order chi connectivity index (χ0) is 21.2. The SMILES string of the molecule is N#Cc1cccc(CC(=O)Nc2ccccc2-c2cccc3c2[nH]c2ccccc23)c1. The van der Waals surface area contributed by atoms with E-state index in [1.54, 1.807) is 18.2 Å². The fraction of sp³-hybridized carbons (Fsp3) is 0.0370. The smallest absolute Gasteiger partial charge is 0.228 e. The lowest BCUT2D eigenvalue weighted by Crippen LogP contribution is -2.15. The molecule has 0 unspecified atom stereocenters. The molecule has 0 saturated heterocycles. The molecule has 5 rings (SSSR count). The maximum Gasteiger partial charge on any atom is 0.228 e. The van der Waals surface area contributed by atoms with Gasteiger partial charge in [0.2, 0.25) is 5.91 Å². The summed E-state index contributed by atoms with van der Waals surface area (Å²) in [6.45, 7) is 0. The van der Waals surface area contributed by atoms with Crippen LogP contribution in [0.4, 0.5) is 5.69 Å². The lowest BCUT2D eigenvalue weighted by atomic mass is 10.00. The number of aromatic nitrogens is 1. The van der Waals surface area contributed by atoms with Crippen LogP contribution in [0, 0.1) is 11.3 Å². The van der Waals surface area contributed by atoms with Gasteiger partial charge in [0.25, 0.3) is 0 Å². The Balaban J connectivity index is 1.51. The Kier molecular flexibility index (Phi) is 4.70. The summed E-state index contributed by atoms with van der Waals surface area (Å²) in [7, 11) is 0. The van der Waals surface area contributed by atoms with Crippen molar-refractivity contribution < 1.29 is 4.79 Å². The van der Waals surface area contributed by atoms with E-state index >= 15 is 0 Å². The number of nitrogens with zero attached hydrogens (tertiary/aromatic N) is 1. The zero-order valence-corrected chi connectivity index (χ0v) is 16.7. The van der Waals surface area contributed by atoms with Crippen LogP contribution in [0.5, 0.6) is 0 Å². The number of fused-ring (bicyclic) bond motifs is 3. The molecular weight excluding hydrogens is 382 g/mol. The number of carbonyl (C=O) groups excluding carboxylic acids is 1. The minimum atomic E-state index is -0.119. The molecule has 1 amide bonds. The van der Waals surface area contributed by atoms with Gasteiger partial charge in [-0.1, -0.05) is 66.7 Å². The normalized spacial score (nSPS) is 10.8. The average molecular weight is 401 g/mol. The van der Waals surface area contributed by atoms with Gasteiger partial charge >= 0.3 is 0 Å². The van der Waals surface area contributed by atoms with Crippen LogP contribution in [0.25, 0.3) is 32.9 Å². The number of rotatable bonds is 4. The lowest BCUT2D eigenvalue weighted by Gasteiger charge is -2.12. The van der Waals surface area contributed by atoms with Crippen molar-refractivity contribution >= 4 is 33.4 Å². The number of para-hydroxylation sites is 3. The van der Waals surface area contributed by atoms with Crippen LogP contribution in [0.2, 0.25) is 0 Å². The molecule has 4 aromatic carbocycles. The number of nitrogens with one attached hydrogen (secondary N) is 2. The van der Waals surface area contributed by atoms with E-state index in [0.717, 1.165) is 38.8 Å². The van der Waals surface area contributed by atoms with Gasteiger partial charge in [-0.05, 0) is 29.8 Å². The Bertz CT molecular complexity index is 1470. The molecule has 0 aliphatic heterocycles. The molecule has 0 aliphatic carbocycles. The van der Waals surface area contributed by atoms with E-state index in [-0.39, 0.29) is 12.3 Å². The number of amides is 1. The number of nitriles is 1. The van der Waals surface area contributed by atoms with Crippen molar-refractivity contribution in [1.82, 2.24) is 4.98 Å². The molecule has 0 fully saturated rings. The molecule has 1 heterocycles. The maximum atomic E-state index is 12.8. The third-order valence-electron chi connectivity index (χ3n) is 5.45. The molecule has 2 N–H and O–H groups in total. The quantitative estimate of drug-likeness (QED) is 0.385. The van der Waals surface area contributed by atoms with Crippen molar-refractivity contribution in [2.45, 2.75) is 6.42 Å². The molecule has 0 radical (unpaired) electrons. The Morgan fingerprint density at radius 1 is 0.839 bits per heavy atom. The second-order valence-corrected chi connectivity index (χ2v) is 7.48. The summed E-state index contributed by atoms with van der Waals surface area (Å²) in [6.07, 6.45) is 0.209. The van der Waals surface area contributed by atoms with Crippen LogP contribution in [0.15, 0.2) is 91.0 Å². The van der Waals surface area contributed by atoms with Crippen LogP contribution in [-0.2, 0) is 11.2 Å². The third-order valence-corrected chi connectivity index (χ3v) is 5.45. The molecule has 0 spiro atoms. The van der Waals surface area contributed by atoms with E-state index in [2.05, 4.69) is 40.6 Å². The summed E-state index contributed by atoms with van der Waals surface area (Å²) in [5.41, 5.74) is 6.25. The third kappa shape index (κ3) is 3.54. The van der Waals surface area contributed by atoms with E-state index < -0.39 is 0 Å². The fourth-order valence-electron chi connectivity index (χ4n) is 4.06. The highest BCUT2D eigenvalue weighted by Crippen LogP contribution is 2.36. The van der Waals surface area contributed by atoms with Crippen molar-refractivity contribution in [1.29, 1.82) is 5.26 Å². The molecule has 148 valence electrons. The molecule has 0 saturated carbocycles. The molecule has 4 heteroatoms. The zero-order valence-electron chi connectivity index (χ0n) is 16.7. The highest BCUT2D eigenvalue weighted by molar-refractivity contribution is 6.13. The van der Waals surface area contributed by atoms with E-state index in [1.807, 2.05) is 48.5 Å². The van der Waals surface area contributed by atoms with Gasteiger partial charge in [0.1, 0.15) is 0 Å². The molecular formula is C27H19N3O. The van der Waals surface area contributed by atoms with Gasteiger partial charge in [-0.2, -0.15) is 5.26 Å². The Hall–Kier alpha value is -4.36. The first-order valence-corrected chi connectivity index (χ1v) is 10.1. The second-order valence-electron chi connectivity index (χ2n) is 7.48. The average Bonchev–Trinajstić information content (AvgIpc) is 3.18. The van der Waals surface area contributed by atoms with Crippen molar-refractivity contribution in [3.8, 4) is 17.2 Å². The molecule has 5 aromatic rings. The molecule has 31 heavy (non-hydrogen) atoms. The largest absolute Gasteiger partial charge is 0.354 e. The highest BCUT2D eigenvalue weighted by atomic mass is 16.1. The van der Waals surface area contributed by atoms with Gasteiger partial charge in [0, 0.05) is 33.1 Å². The lowest BCUT2D eigenvalue weighted by molar-refractivity contribution is -0.115. The summed E-state index contributed by atoms with van der Waals surface area (Å²) in [6, 6.07) is 31.5. The van der Waals surface area contributed by atoms with Crippen LogP contribution >= 0.6 is 0 Å². The Labute approximate surface area is 179 Å². The second kappa shape index (κ2) is 7.81. The van der Waals surface area contributed by atoms with Crippen molar-refractivity contribution in [2.75, 3.05) is 5.32 Å². The van der Waals surface area contributed by atoms with Gasteiger partial charge < -0.3 is 10.3 Å². The topological polar surface area (TPSA) is 68.7 Å². The van der Waals surface area contributed by atoms with Gasteiger partial charge in [-0.3, -0.25) is 4.79 Å². The summed E-state index contributed by atoms with van der Waals surface area (Å²) >= 11 is 0. The molecule has 0 atom stereocenters. The minimum Gasteiger partial charge on any atom is -0.354 e. The first-order valence-electron chi connectivity index (χ1n) is 10.1. The summed E-state index contributed by atoms with van der Waals surface area (Å²) < 4.78 is 0. The highest BCUT2D eigenvalue weighted by Gasteiger charge is 2.14. The predicted molar refractivity (Wildman–Crippen MR) is 125 cm³/mol. The molecule has 1 aromatic heterocycles. The standard InChI is InChI=1S/C27H19N3O/c28-17-19-8-5-7-18(15-19)16-26(31)29-24-13-3-1-9-20(24)22-11-6-12-23-21-10-2-4-14-25(21)30-27(22)23/h1-15,30H,16H2,(H,29,31). The summed E-state index contributed by atoms with van der Waals surface area (Å²) in [5, 5.41) is 14.5. The van der Waals surface area contributed by atoms with Gasteiger partial charge in [-0.15, -0.1) is 0 Å². The molecule has 0 bridgehead atoms. The van der Waals surface area contributed by atoms with Crippen molar-refractivity contribution in [2.24, 2.45) is 0 Å². The van der Waals surface area contributed by atoms with Crippen LogP contribution in [0.1, 0.15) is 11.1 Å². The van der Waals surface area contributed by atoms with Gasteiger partial charge in [-0.25, -0.2) is 0 Å². The maximum absolute atomic E-state index is 12.8. The number of hydrogen-bond acceptors (Lipinski definition) is 2. The van der Waals surface area contributed by atoms with Gasteiger partial charge in [0.15, 0.2) is 0 Å². The number of anilines is 1. The number of H-pyrrole nitrogens is 1. The number of benzene rings is 4. The van der Waals surface area contributed by atoms with E-state index in [9.17, 15) is 4.79 Å². The predicted octanol–water partition coefficient (Wildman–Crippen LogP) is 6.04. The Morgan fingerprint density at radius 2 is 1.58 bits per heavy atom. The first-order chi connectivity index (χ1) is 15.2. The number of carbonyl (C=O) groups is 1.